The number of ether oxygens (including phenoxy) is 1. The Bertz CT molecular complexity index is 462. The fourth-order valence-electron chi connectivity index (χ4n) is 2.65. The molecule has 1 amide bonds. The van der Waals surface area contributed by atoms with Gasteiger partial charge in [-0.05, 0) is 6.42 Å². The summed E-state index contributed by atoms with van der Waals surface area (Å²) in [5.74, 6) is -0.0138. The van der Waals surface area contributed by atoms with Gasteiger partial charge in [-0.25, -0.2) is 0 Å². The van der Waals surface area contributed by atoms with Crippen LogP contribution in [0.2, 0.25) is 0 Å². The van der Waals surface area contributed by atoms with Crippen LogP contribution < -0.4 is 5.73 Å². The number of aryl methyl sites for hydroxylation is 1. The van der Waals surface area contributed by atoms with Gasteiger partial charge in [-0.3, -0.25) is 14.4 Å². The molecule has 1 aromatic heterocycles. The highest BCUT2D eigenvalue weighted by molar-refractivity contribution is 5.81. The van der Waals surface area contributed by atoms with Crippen LogP contribution in [0.3, 0.4) is 0 Å². The van der Waals surface area contributed by atoms with Crippen LogP contribution in [0, 0.1) is 0 Å². The number of amides is 1. The molecule has 7 heteroatoms. The van der Waals surface area contributed by atoms with Crippen LogP contribution in [0.4, 0.5) is 0 Å². The first-order valence-corrected chi connectivity index (χ1v) is 7.33. The van der Waals surface area contributed by atoms with Gasteiger partial charge >= 0.3 is 0 Å². The Morgan fingerprint density at radius 1 is 1.43 bits per heavy atom. The van der Waals surface area contributed by atoms with Gasteiger partial charge in [0.2, 0.25) is 5.91 Å². The third-order valence-corrected chi connectivity index (χ3v) is 3.73. The lowest BCUT2D eigenvalue weighted by molar-refractivity contribution is -0.133. The number of hydrogen-bond donors (Lipinski definition) is 1. The molecule has 0 aliphatic carbocycles. The Hall–Kier alpha value is -1.44. The Morgan fingerprint density at radius 2 is 2.24 bits per heavy atom. The molecule has 2 rings (SSSR count). The molecule has 0 bridgehead atoms. The van der Waals surface area contributed by atoms with E-state index in [0.29, 0.717) is 0 Å². The zero-order valence-electron chi connectivity index (χ0n) is 12.9. The number of carbonyl (C=O) groups is 1. The molecule has 0 spiro atoms. The minimum Gasteiger partial charge on any atom is -0.383 e. The molecule has 21 heavy (non-hydrogen) atoms. The van der Waals surface area contributed by atoms with E-state index in [-0.39, 0.29) is 12.5 Å². The second kappa shape index (κ2) is 7.53. The Labute approximate surface area is 125 Å². The first-order valence-electron chi connectivity index (χ1n) is 7.33. The van der Waals surface area contributed by atoms with Crippen LogP contribution in [0.1, 0.15) is 12.0 Å². The third-order valence-electron chi connectivity index (χ3n) is 3.73. The molecule has 1 aliphatic rings. The number of aromatic nitrogens is 2. The minimum absolute atomic E-state index is 0.0138. The molecule has 2 N–H and O–H groups in total. The van der Waals surface area contributed by atoms with Gasteiger partial charge < -0.3 is 15.4 Å². The summed E-state index contributed by atoms with van der Waals surface area (Å²) in [4.78, 5) is 16.4. The molecule has 118 valence electrons. The Morgan fingerprint density at radius 3 is 2.90 bits per heavy atom. The molecular weight excluding hydrogens is 270 g/mol. The highest BCUT2D eigenvalue weighted by Crippen LogP contribution is 2.09. The van der Waals surface area contributed by atoms with Crippen LogP contribution in [-0.4, -0.2) is 71.4 Å². The van der Waals surface area contributed by atoms with Crippen molar-refractivity contribution in [2.24, 2.45) is 12.8 Å². The number of rotatable bonds is 5. The molecule has 7 nitrogen and oxygen atoms in total. The maximum absolute atomic E-state index is 12.2. The number of nitrogens with two attached hydrogens (primary N) is 1. The zero-order chi connectivity index (χ0) is 15.2. The van der Waals surface area contributed by atoms with Gasteiger partial charge in [0.15, 0.2) is 0 Å². The highest BCUT2D eigenvalue weighted by Gasteiger charge is 2.23. The van der Waals surface area contributed by atoms with Crippen LogP contribution >= 0.6 is 0 Å². The zero-order valence-corrected chi connectivity index (χ0v) is 12.9. The van der Waals surface area contributed by atoms with Crippen molar-refractivity contribution < 1.29 is 9.53 Å². The lowest BCUT2D eigenvalue weighted by atomic mass is 10.2. The SMILES string of the molecule is COCC(N)C(=O)N1CCCN(Cc2cnn(C)c2)CC1. The molecule has 1 aliphatic heterocycles. The average molecular weight is 295 g/mol. The number of nitrogens with zero attached hydrogens (tertiary/aromatic N) is 4. The molecule has 0 radical (unpaired) electrons. The molecule has 1 fully saturated rings. The Kier molecular flexibility index (Phi) is 5.72. The number of carbonyl (C=O) groups excluding carboxylic acids is 1. The summed E-state index contributed by atoms with van der Waals surface area (Å²) in [5, 5.41) is 4.19. The number of hydrogen-bond acceptors (Lipinski definition) is 5. The maximum Gasteiger partial charge on any atom is 0.241 e. The highest BCUT2D eigenvalue weighted by atomic mass is 16.5. The predicted molar refractivity (Wildman–Crippen MR) is 79.5 cm³/mol. The normalized spacial score (nSPS) is 18.5. The quantitative estimate of drug-likeness (QED) is 0.787. The Balaban J connectivity index is 1.85. The van der Waals surface area contributed by atoms with Crippen molar-refractivity contribution in [1.29, 1.82) is 0 Å². The molecule has 0 aromatic carbocycles. The van der Waals surface area contributed by atoms with E-state index in [9.17, 15) is 4.79 Å². The summed E-state index contributed by atoms with van der Waals surface area (Å²) in [7, 11) is 3.48. The van der Waals surface area contributed by atoms with Crippen LogP contribution in [0.15, 0.2) is 12.4 Å². The first kappa shape index (κ1) is 15.9. The van der Waals surface area contributed by atoms with Crippen LogP contribution in [0.5, 0.6) is 0 Å². The standard InChI is InChI=1S/C14H25N5O2/c1-17-9-12(8-16-17)10-18-4-3-5-19(7-6-18)14(20)13(15)11-21-2/h8-9,13H,3-7,10-11,15H2,1-2H3. The van der Waals surface area contributed by atoms with E-state index in [4.69, 9.17) is 10.5 Å². The first-order chi connectivity index (χ1) is 10.1. The van der Waals surface area contributed by atoms with E-state index >= 15 is 0 Å². The van der Waals surface area contributed by atoms with E-state index in [1.165, 1.54) is 5.56 Å². The van der Waals surface area contributed by atoms with E-state index in [1.807, 2.05) is 29.0 Å². The average Bonchev–Trinajstić information content (AvgIpc) is 2.73. The van der Waals surface area contributed by atoms with Crippen LogP contribution in [-0.2, 0) is 23.1 Å². The van der Waals surface area contributed by atoms with Crippen molar-refractivity contribution in [2.45, 2.75) is 19.0 Å². The second-order valence-corrected chi connectivity index (χ2v) is 5.54. The van der Waals surface area contributed by atoms with E-state index in [0.717, 1.165) is 39.1 Å². The summed E-state index contributed by atoms with van der Waals surface area (Å²) in [6.45, 7) is 4.48. The fraction of sp³-hybridized carbons (Fsp3) is 0.714. The van der Waals surface area contributed by atoms with Crippen molar-refractivity contribution in [1.82, 2.24) is 19.6 Å². The maximum atomic E-state index is 12.2. The molecular formula is C14H25N5O2. The van der Waals surface area contributed by atoms with Gasteiger partial charge in [0.25, 0.3) is 0 Å². The van der Waals surface area contributed by atoms with E-state index < -0.39 is 6.04 Å². The van der Waals surface area contributed by atoms with Gasteiger partial charge in [0.05, 0.1) is 12.8 Å². The molecule has 0 saturated carbocycles. The van der Waals surface area contributed by atoms with Gasteiger partial charge in [0, 0.05) is 58.6 Å². The van der Waals surface area contributed by atoms with E-state index in [1.54, 1.807) is 7.11 Å². The molecule has 1 atom stereocenters. The number of methoxy groups -OCH3 is 1. The smallest absolute Gasteiger partial charge is 0.241 e. The van der Waals surface area contributed by atoms with Gasteiger partial charge in [0.1, 0.15) is 6.04 Å². The second-order valence-electron chi connectivity index (χ2n) is 5.54. The summed E-state index contributed by atoms with van der Waals surface area (Å²) >= 11 is 0. The third kappa shape index (κ3) is 4.52. The predicted octanol–water partition coefficient (Wildman–Crippen LogP) is -0.572. The summed E-state index contributed by atoms with van der Waals surface area (Å²) in [5.41, 5.74) is 7.03. The lowest BCUT2D eigenvalue weighted by Crippen LogP contribution is -2.47. The van der Waals surface area contributed by atoms with Crippen molar-refractivity contribution >= 4 is 5.91 Å². The van der Waals surface area contributed by atoms with Gasteiger partial charge in [-0.2, -0.15) is 5.10 Å². The van der Waals surface area contributed by atoms with Crippen LogP contribution in [0.25, 0.3) is 0 Å². The molecule has 1 aromatic rings. The van der Waals surface area contributed by atoms with Crippen molar-refractivity contribution in [3.8, 4) is 0 Å². The van der Waals surface area contributed by atoms with E-state index in [2.05, 4.69) is 10.00 Å². The van der Waals surface area contributed by atoms with Crippen molar-refractivity contribution in [3.05, 3.63) is 18.0 Å². The van der Waals surface area contributed by atoms with Gasteiger partial charge in [-0.1, -0.05) is 0 Å². The van der Waals surface area contributed by atoms with Gasteiger partial charge in [-0.15, -0.1) is 0 Å². The lowest BCUT2D eigenvalue weighted by Gasteiger charge is -2.24. The largest absolute Gasteiger partial charge is 0.383 e. The summed E-state index contributed by atoms with van der Waals surface area (Å²) in [6, 6.07) is -0.556. The molecule has 2 heterocycles. The van der Waals surface area contributed by atoms with Crippen molar-refractivity contribution in [3.63, 3.8) is 0 Å². The monoisotopic (exact) mass is 295 g/mol. The topological polar surface area (TPSA) is 76.6 Å². The van der Waals surface area contributed by atoms with Crippen molar-refractivity contribution in [2.75, 3.05) is 39.9 Å². The minimum atomic E-state index is -0.556. The summed E-state index contributed by atoms with van der Waals surface area (Å²) < 4.78 is 6.77. The summed E-state index contributed by atoms with van der Waals surface area (Å²) in [6.07, 6.45) is 4.89. The fourth-order valence-corrected chi connectivity index (χ4v) is 2.65. The molecule has 1 saturated heterocycles. The molecule has 1 unspecified atom stereocenters.